The van der Waals surface area contributed by atoms with E-state index in [4.69, 9.17) is 4.74 Å². The summed E-state index contributed by atoms with van der Waals surface area (Å²) in [5.41, 5.74) is 0.893. The summed E-state index contributed by atoms with van der Waals surface area (Å²) in [6, 6.07) is 0. The average Bonchev–Trinajstić information content (AvgIpc) is 3.03. The molecule has 2 N–H and O–H groups in total. The maximum absolute atomic E-state index is 12.7. The fourth-order valence-electron chi connectivity index (χ4n) is 3.15. The zero-order valence-electron chi connectivity index (χ0n) is 14.2. The largest absolute Gasteiger partial charge is 0.383 e. The van der Waals surface area contributed by atoms with Gasteiger partial charge in [0.05, 0.1) is 23.5 Å². The van der Waals surface area contributed by atoms with E-state index >= 15 is 0 Å². The molecule has 1 aromatic rings. The van der Waals surface area contributed by atoms with Gasteiger partial charge in [-0.15, -0.1) is 12.4 Å². The van der Waals surface area contributed by atoms with Gasteiger partial charge < -0.3 is 10.1 Å². The molecule has 0 amide bonds. The number of halogens is 1. The average molecular weight is 367 g/mol. The number of aromatic nitrogens is 2. The van der Waals surface area contributed by atoms with Crippen LogP contribution in [0.5, 0.6) is 0 Å². The van der Waals surface area contributed by atoms with E-state index in [1.165, 1.54) is 0 Å². The van der Waals surface area contributed by atoms with Crippen molar-refractivity contribution in [1.82, 2.24) is 19.8 Å². The number of sulfonamides is 1. The van der Waals surface area contributed by atoms with Gasteiger partial charge in [0.15, 0.2) is 0 Å². The van der Waals surface area contributed by atoms with Gasteiger partial charge in [-0.3, -0.25) is 4.68 Å². The Morgan fingerprint density at radius 1 is 1.43 bits per heavy atom. The van der Waals surface area contributed by atoms with E-state index in [2.05, 4.69) is 15.1 Å². The van der Waals surface area contributed by atoms with Crippen LogP contribution in [0, 0.1) is 13.8 Å². The first-order valence-corrected chi connectivity index (χ1v) is 9.11. The van der Waals surface area contributed by atoms with Crippen molar-refractivity contribution in [3.63, 3.8) is 0 Å². The summed E-state index contributed by atoms with van der Waals surface area (Å²) in [4.78, 5) is 0.292. The topological polar surface area (TPSA) is 85.2 Å². The second kappa shape index (κ2) is 7.94. The number of rotatable bonds is 7. The molecule has 1 atom stereocenters. The van der Waals surface area contributed by atoms with Gasteiger partial charge in [-0.1, -0.05) is 0 Å². The van der Waals surface area contributed by atoms with Crippen molar-refractivity contribution >= 4 is 22.4 Å². The van der Waals surface area contributed by atoms with Crippen LogP contribution in [0.2, 0.25) is 0 Å². The highest BCUT2D eigenvalue weighted by Crippen LogP contribution is 2.22. The zero-order valence-corrected chi connectivity index (χ0v) is 15.8. The lowest BCUT2D eigenvalue weighted by Crippen LogP contribution is -2.52. The van der Waals surface area contributed by atoms with Crippen LogP contribution in [0.1, 0.15) is 31.2 Å². The number of nitrogens with one attached hydrogen (secondary N) is 2. The molecule has 1 saturated heterocycles. The predicted octanol–water partition coefficient (Wildman–Crippen LogP) is 0.989. The molecule has 0 aromatic carbocycles. The second-order valence-corrected chi connectivity index (χ2v) is 7.59. The lowest BCUT2D eigenvalue weighted by Gasteiger charge is -2.28. The van der Waals surface area contributed by atoms with Gasteiger partial charge in [0, 0.05) is 20.2 Å². The SMILES string of the molecule is CCn1nc(C)c(S(=O)(=O)NCC2(COC)CCCN2)c1C.Cl. The summed E-state index contributed by atoms with van der Waals surface area (Å²) in [5.74, 6) is 0. The third kappa shape index (κ3) is 4.24. The van der Waals surface area contributed by atoms with Crippen molar-refractivity contribution in [1.29, 1.82) is 0 Å². The lowest BCUT2D eigenvalue weighted by molar-refractivity contribution is 0.122. The van der Waals surface area contributed by atoms with Gasteiger partial charge in [-0.2, -0.15) is 5.10 Å². The molecule has 2 heterocycles. The number of hydrogen-bond acceptors (Lipinski definition) is 5. The molecule has 1 aromatic heterocycles. The fourth-order valence-corrected chi connectivity index (χ4v) is 4.69. The summed E-state index contributed by atoms with van der Waals surface area (Å²) in [5, 5.41) is 7.65. The number of hydrogen-bond donors (Lipinski definition) is 2. The molecular formula is C14H27ClN4O3S. The molecule has 23 heavy (non-hydrogen) atoms. The highest BCUT2D eigenvalue weighted by Gasteiger charge is 2.35. The van der Waals surface area contributed by atoms with Crippen molar-refractivity contribution in [3.05, 3.63) is 11.4 Å². The molecule has 1 fully saturated rings. The third-order valence-electron chi connectivity index (χ3n) is 4.24. The highest BCUT2D eigenvalue weighted by atomic mass is 35.5. The number of nitrogens with zero attached hydrogens (tertiary/aromatic N) is 2. The molecule has 2 rings (SSSR count). The Kier molecular flexibility index (Phi) is 7.03. The van der Waals surface area contributed by atoms with Crippen LogP contribution in [-0.4, -0.2) is 50.5 Å². The molecule has 0 saturated carbocycles. The molecule has 0 spiro atoms. The summed E-state index contributed by atoms with van der Waals surface area (Å²) in [6.45, 7) is 7.80. The first-order chi connectivity index (χ1) is 10.4. The Morgan fingerprint density at radius 3 is 2.61 bits per heavy atom. The molecule has 1 aliphatic heterocycles. The van der Waals surface area contributed by atoms with Crippen LogP contribution in [-0.2, 0) is 21.3 Å². The number of aryl methyl sites for hydroxylation is 2. The van der Waals surface area contributed by atoms with Crippen molar-refractivity contribution in [2.45, 2.75) is 50.6 Å². The monoisotopic (exact) mass is 366 g/mol. The van der Waals surface area contributed by atoms with Crippen molar-refractivity contribution in [3.8, 4) is 0 Å². The summed E-state index contributed by atoms with van der Waals surface area (Å²) in [7, 11) is -1.95. The van der Waals surface area contributed by atoms with E-state index in [-0.39, 0.29) is 17.9 Å². The zero-order chi connectivity index (χ0) is 16.4. The predicted molar refractivity (Wildman–Crippen MR) is 91.7 cm³/mol. The Bertz CT molecular complexity index is 624. The maximum Gasteiger partial charge on any atom is 0.244 e. The Hall–Kier alpha value is -0.670. The summed E-state index contributed by atoms with van der Waals surface area (Å²) < 4.78 is 35.1. The van der Waals surface area contributed by atoms with E-state index in [9.17, 15) is 8.42 Å². The van der Waals surface area contributed by atoms with Crippen LogP contribution in [0.3, 0.4) is 0 Å². The molecular weight excluding hydrogens is 340 g/mol. The minimum absolute atomic E-state index is 0. The quantitative estimate of drug-likeness (QED) is 0.751. The van der Waals surface area contributed by atoms with Crippen LogP contribution in [0.15, 0.2) is 4.90 Å². The van der Waals surface area contributed by atoms with Gasteiger partial charge in [-0.25, -0.2) is 13.1 Å². The summed E-state index contributed by atoms with van der Waals surface area (Å²) >= 11 is 0. The molecule has 134 valence electrons. The molecule has 0 aliphatic carbocycles. The minimum Gasteiger partial charge on any atom is -0.383 e. The Morgan fingerprint density at radius 2 is 2.13 bits per heavy atom. The Balaban J connectivity index is 0.00000264. The van der Waals surface area contributed by atoms with Crippen LogP contribution in [0.25, 0.3) is 0 Å². The molecule has 0 bridgehead atoms. The van der Waals surface area contributed by atoms with E-state index in [1.807, 2.05) is 6.92 Å². The van der Waals surface area contributed by atoms with Gasteiger partial charge in [-0.05, 0) is 40.2 Å². The van der Waals surface area contributed by atoms with Gasteiger partial charge in [0.1, 0.15) is 4.90 Å². The van der Waals surface area contributed by atoms with Crippen molar-refractivity contribution in [2.75, 3.05) is 26.8 Å². The van der Waals surface area contributed by atoms with Crippen molar-refractivity contribution < 1.29 is 13.2 Å². The van der Waals surface area contributed by atoms with Gasteiger partial charge in [0.25, 0.3) is 0 Å². The first kappa shape index (κ1) is 20.4. The molecule has 0 radical (unpaired) electrons. The van der Waals surface area contributed by atoms with Crippen LogP contribution < -0.4 is 10.0 Å². The van der Waals surface area contributed by atoms with E-state index in [0.717, 1.165) is 19.4 Å². The minimum atomic E-state index is -3.58. The van der Waals surface area contributed by atoms with Gasteiger partial charge >= 0.3 is 0 Å². The van der Waals surface area contributed by atoms with E-state index < -0.39 is 10.0 Å². The fraction of sp³-hybridized carbons (Fsp3) is 0.786. The van der Waals surface area contributed by atoms with Crippen LogP contribution >= 0.6 is 12.4 Å². The normalized spacial score (nSPS) is 21.4. The molecule has 1 unspecified atom stereocenters. The second-order valence-electron chi connectivity index (χ2n) is 5.88. The molecule has 1 aliphatic rings. The smallest absolute Gasteiger partial charge is 0.244 e. The van der Waals surface area contributed by atoms with Crippen LogP contribution in [0.4, 0.5) is 0 Å². The Labute approximate surface area is 144 Å². The lowest BCUT2D eigenvalue weighted by atomic mass is 9.99. The van der Waals surface area contributed by atoms with E-state index in [0.29, 0.717) is 36.0 Å². The number of methoxy groups -OCH3 is 1. The molecule has 7 nitrogen and oxygen atoms in total. The number of ether oxygens (including phenoxy) is 1. The van der Waals surface area contributed by atoms with Crippen molar-refractivity contribution in [2.24, 2.45) is 0 Å². The third-order valence-corrected chi connectivity index (χ3v) is 5.89. The molecule has 9 heteroatoms. The maximum atomic E-state index is 12.7. The van der Waals surface area contributed by atoms with E-state index in [1.54, 1.807) is 25.6 Å². The summed E-state index contributed by atoms with van der Waals surface area (Å²) in [6.07, 6.45) is 1.92. The first-order valence-electron chi connectivity index (χ1n) is 7.63. The standard InChI is InChI=1S/C14H26N4O3S.ClH/c1-5-18-12(3)13(11(2)17-18)22(19,20)16-9-14(10-21-4)7-6-8-15-14;/h15-16H,5-10H2,1-4H3;1H. The highest BCUT2D eigenvalue weighted by molar-refractivity contribution is 7.89. The van der Waals surface area contributed by atoms with Gasteiger partial charge in [0.2, 0.25) is 10.0 Å².